The summed E-state index contributed by atoms with van der Waals surface area (Å²) < 4.78 is 6.24. The van der Waals surface area contributed by atoms with Crippen LogP contribution in [0.5, 0.6) is 5.75 Å². The molecule has 4 heteroatoms. The van der Waals surface area contributed by atoms with E-state index >= 15 is 0 Å². The molecule has 1 N–H and O–H groups in total. The number of aliphatic hydroxyl groups excluding tert-OH is 1. The van der Waals surface area contributed by atoms with Crippen molar-refractivity contribution in [3.63, 3.8) is 0 Å². The van der Waals surface area contributed by atoms with Gasteiger partial charge in [-0.25, -0.2) is 0 Å². The molecule has 0 aliphatic carbocycles. The van der Waals surface area contributed by atoms with Crippen LogP contribution < -0.4 is 4.74 Å². The van der Waals surface area contributed by atoms with Gasteiger partial charge in [0.15, 0.2) is 0 Å². The lowest BCUT2D eigenvalue weighted by atomic mass is 10.0. The van der Waals surface area contributed by atoms with Gasteiger partial charge >= 0.3 is 0 Å². The van der Waals surface area contributed by atoms with Gasteiger partial charge in [0.25, 0.3) is 0 Å². The summed E-state index contributed by atoms with van der Waals surface area (Å²) in [4.78, 5) is 0. The van der Waals surface area contributed by atoms with Gasteiger partial charge in [0, 0.05) is 27.1 Å². The Balaban J connectivity index is 2.57. The summed E-state index contributed by atoms with van der Waals surface area (Å²) in [5.41, 5.74) is 2.11. The highest BCUT2D eigenvalue weighted by atomic mass is 79.9. The molecule has 1 aliphatic rings. The van der Waals surface area contributed by atoms with Gasteiger partial charge in [-0.1, -0.05) is 15.9 Å². The zero-order valence-corrected chi connectivity index (χ0v) is 10.2. The third-order valence-electron chi connectivity index (χ3n) is 2.34. The number of hydrogen-bond acceptors (Lipinski definition) is 3. The number of ether oxygens (including phenoxy) is 1. The van der Waals surface area contributed by atoms with Crippen molar-refractivity contribution in [2.75, 3.05) is 12.9 Å². The second-order valence-electron chi connectivity index (χ2n) is 3.17. The van der Waals surface area contributed by atoms with Crippen molar-refractivity contribution in [3.05, 3.63) is 27.7 Å². The molecular weight excluding hydrogens is 264 g/mol. The summed E-state index contributed by atoms with van der Waals surface area (Å²) in [5, 5.41) is 9.86. The second-order valence-corrected chi connectivity index (χ2v) is 5.06. The average Bonchev–Trinajstić information content (AvgIpc) is 2.18. The van der Waals surface area contributed by atoms with Gasteiger partial charge in [0.2, 0.25) is 0 Å². The fraction of sp³-hybridized carbons (Fsp3) is 0.400. The van der Waals surface area contributed by atoms with E-state index in [0.29, 0.717) is 0 Å². The normalized spacial score (nSPS) is 20.4. The molecule has 0 bridgehead atoms. The predicted molar refractivity (Wildman–Crippen MR) is 61.8 cm³/mol. The highest BCUT2D eigenvalue weighted by Crippen LogP contribution is 2.40. The molecule has 1 aromatic carbocycles. The smallest absolute Gasteiger partial charge is 0.123 e. The first-order valence-corrected chi connectivity index (χ1v) is 6.30. The van der Waals surface area contributed by atoms with Crippen LogP contribution in [0.15, 0.2) is 16.6 Å². The number of benzene rings is 1. The van der Waals surface area contributed by atoms with E-state index in [1.807, 2.05) is 12.1 Å². The Morgan fingerprint density at radius 1 is 1.57 bits per heavy atom. The number of hydrogen-bond donors (Lipinski definition) is 1. The fourth-order valence-electron chi connectivity index (χ4n) is 1.67. The molecule has 0 saturated heterocycles. The third-order valence-corrected chi connectivity index (χ3v) is 4.07. The highest BCUT2D eigenvalue weighted by Gasteiger charge is 2.23. The van der Waals surface area contributed by atoms with Crippen LogP contribution >= 0.6 is 27.7 Å². The number of fused-ring (bicyclic) bond motifs is 1. The average molecular weight is 275 g/mol. The molecule has 0 saturated carbocycles. The molecular formula is C10H11BrO2S. The predicted octanol–water partition coefficient (Wildman–Crippen LogP) is 2.74. The number of aliphatic hydroxyl groups is 1. The summed E-state index contributed by atoms with van der Waals surface area (Å²) in [6, 6.07) is 3.86. The van der Waals surface area contributed by atoms with Crippen molar-refractivity contribution in [1.29, 1.82) is 0 Å². The Hall–Kier alpha value is -0.190. The maximum absolute atomic E-state index is 9.86. The molecule has 0 radical (unpaired) electrons. The van der Waals surface area contributed by atoms with E-state index < -0.39 is 0 Å². The van der Waals surface area contributed by atoms with E-state index in [1.54, 1.807) is 18.9 Å². The maximum atomic E-state index is 9.86. The summed E-state index contributed by atoms with van der Waals surface area (Å²) in [5.74, 6) is 2.54. The van der Waals surface area contributed by atoms with Crippen LogP contribution in [-0.2, 0) is 5.75 Å². The van der Waals surface area contributed by atoms with Crippen molar-refractivity contribution in [2.45, 2.75) is 11.9 Å². The zero-order valence-electron chi connectivity index (χ0n) is 7.79. The van der Waals surface area contributed by atoms with Crippen LogP contribution in [0.1, 0.15) is 17.2 Å². The van der Waals surface area contributed by atoms with Crippen LogP contribution in [0.25, 0.3) is 0 Å². The largest absolute Gasteiger partial charge is 0.496 e. The molecule has 1 atom stereocenters. The van der Waals surface area contributed by atoms with E-state index in [1.165, 1.54) is 0 Å². The minimum Gasteiger partial charge on any atom is -0.496 e. The van der Waals surface area contributed by atoms with Crippen molar-refractivity contribution in [2.24, 2.45) is 0 Å². The molecule has 14 heavy (non-hydrogen) atoms. The number of methoxy groups -OCH3 is 1. The SMILES string of the molecule is COc1ccc(Br)c2c1CSCC2O. The highest BCUT2D eigenvalue weighted by molar-refractivity contribution is 9.10. The first-order chi connectivity index (χ1) is 6.74. The first kappa shape index (κ1) is 10.3. The molecule has 1 aromatic rings. The molecule has 0 fully saturated rings. The Kier molecular flexibility index (Phi) is 3.04. The molecule has 0 amide bonds. The van der Waals surface area contributed by atoms with Crippen molar-refractivity contribution < 1.29 is 9.84 Å². The number of halogens is 1. The lowest BCUT2D eigenvalue weighted by Crippen LogP contribution is -2.11. The van der Waals surface area contributed by atoms with Gasteiger partial charge in [-0.15, -0.1) is 0 Å². The molecule has 76 valence electrons. The quantitative estimate of drug-likeness (QED) is 0.854. The third kappa shape index (κ3) is 1.66. The first-order valence-electron chi connectivity index (χ1n) is 4.35. The molecule has 1 unspecified atom stereocenters. The molecule has 2 rings (SSSR count). The Bertz CT molecular complexity index is 354. The van der Waals surface area contributed by atoms with Crippen LogP contribution in [-0.4, -0.2) is 18.0 Å². The summed E-state index contributed by atoms with van der Waals surface area (Å²) in [7, 11) is 1.66. The topological polar surface area (TPSA) is 29.5 Å². The van der Waals surface area contributed by atoms with E-state index in [9.17, 15) is 5.11 Å². The van der Waals surface area contributed by atoms with Crippen LogP contribution in [0.4, 0.5) is 0 Å². The van der Waals surface area contributed by atoms with Gasteiger partial charge in [0.1, 0.15) is 5.75 Å². The van der Waals surface area contributed by atoms with E-state index in [4.69, 9.17) is 4.74 Å². The Morgan fingerprint density at radius 3 is 3.07 bits per heavy atom. The van der Waals surface area contributed by atoms with Gasteiger partial charge in [0.05, 0.1) is 13.2 Å². The lowest BCUT2D eigenvalue weighted by molar-refractivity contribution is 0.200. The second kappa shape index (κ2) is 4.13. The lowest BCUT2D eigenvalue weighted by Gasteiger charge is -2.24. The van der Waals surface area contributed by atoms with Gasteiger partial charge < -0.3 is 9.84 Å². The molecule has 1 aliphatic heterocycles. The molecule has 1 heterocycles. The molecule has 0 aromatic heterocycles. The monoisotopic (exact) mass is 274 g/mol. The summed E-state index contributed by atoms with van der Waals surface area (Å²) >= 11 is 5.19. The van der Waals surface area contributed by atoms with Crippen LogP contribution in [0.3, 0.4) is 0 Å². The molecule has 2 nitrogen and oxygen atoms in total. The van der Waals surface area contributed by atoms with E-state index in [-0.39, 0.29) is 6.10 Å². The Labute approximate surface area is 95.8 Å². The van der Waals surface area contributed by atoms with Gasteiger partial charge in [-0.3, -0.25) is 0 Å². The van der Waals surface area contributed by atoms with Crippen molar-refractivity contribution in [3.8, 4) is 5.75 Å². The van der Waals surface area contributed by atoms with Crippen LogP contribution in [0, 0.1) is 0 Å². The standard InChI is InChI=1S/C10H11BrO2S/c1-13-9-3-2-7(11)10-6(9)4-14-5-8(10)12/h2-3,8,12H,4-5H2,1H3. The molecule has 0 spiro atoms. The minimum atomic E-state index is -0.381. The van der Waals surface area contributed by atoms with Gasteiger partial charge in [-0.2, -0.15) is 11.8 Å². The van der Waals surface area contributed by atoms with Crippen molar-refractivity contribution >= 4 is 27.7 Å². The number of thioether (sulfide) groups is 1. The zero-order chi connectivity index (χ0) is 10.1. The van der Waals surface area contributed by atoms with Gasteiger partial charge in [-0.05, 0) is 12.1 Å². The van der Waals surface area contributed by atoms with E-state index in [0.717, 1.165) is 32.9 Å². The van der Waals surface area contributed by atoms with E-state index in [2.05, 4.69) is 15.9 Å². The van der Waals surface area contributed by atoms with Crippen molar-refractivity contribution in [1.82, 2.24) is 0 Å². The van der Waals surface area contributed by atoms with Crippen LogP contribution in [0.2, 0.25) is 0 Å². The summed E-state index contributed by atoms with van der Waals surface area (Å²) in [6.07, 6.45) is -0.381. The summed E-state index contributed by atoms with van der Waals surface area (Å²) in [6.45, 7) is 0. The number of rotatable bonds is 1. The Morgan fingerprint density at radius 2 is 2.36 bits per heavy atom. The maximum Gasteiger partial charge on any atom is 0.123 e. The fourth-order valence-corrected chi connectivity index (χ4v) is 3.32. The minimum absolute atomic E-state index is 0.381.